The maximum Gasteiger partial charge on any atom is 0.141 e. The van der Waals surface area contributed by atoms with E-state index in [1.807, 2.05) is 0 Å². The average Bonchev–Trinajstić information content (AvgIpc) is 2.45. The van der Waals surface area contributed by atoms with Crippen molar-refractivity contribution in [1.82, 2.24) is 4.98 Å². The minimum absolute atomic E-state index is 0.159. The molecule has 0 saturated heterocycles. The molecule has 1 aromatic heterocycles. The normalized spacial score (nSPS) is 10.3. The molecule has 0 bridgehead atoms. The molecule has 0 amide bonds. The highest BCUT2D eigenvalue weighted by Gasteiger charge is 2.06. The molecule has 2 rings (SSSR count). The van der Waals surface area contributed by atoms with Crippen LogP contribution in [0.3, 0.4) is 0 Å². The van der Waals surface area contributed by atoms with Gasteiger partial charge in [-0.2, -0.15) is 0 Å². The zero-order chi connectivity index (χ0) is 13.7. The van der Waals surface area contributed by atoms with Crippen LogP contribution in [-0.4, -0.2) is 17.2 Å². The van der Waals surface area contributed by atoms with Crippen molar-refractivity contribution in [2.24, 2.45) is 0 Å². The van der Waals surface area contributed by atoms with E-state index in [4.69, 9.17) is 9.47 Å². The third-order valence-electron chi connectivity index (χ3n) is 2.59. The molecule has 0 radical (unpaired) electrons. The zero-order valence-electron chi connectivity index (χ0n) is 10.5. The van der Waals surface area contributed by atoms with Gasteiger partial charge < -0.3 is 14.6 Å². The Morgan fingerprint density at radius 2 is 2.11 bits per heavy atom. The van der Waals surface area contributed by atoms with Crippen LogP contribution in [0.15, 0.2) is 36.7 Å². The van der Waals surface area contributed by atoms with E-state index in [2.05, 4.69) is 4.98 Å². The van der Waals surface area contributed by atoms with Crippen molar-refractivity contribution in [3.05, 3.63) is 53.6 Å². The lowest BCUT2D eigenvalue weighted by Gasteiger charge is -2.11. The number of hydrogen-bond acceptors (Lipinski definition) is 4. The fourth-order valence-corrected chi connectivity index (χ4v) is 1.64. The first-order valence-electron chi connectivity index (χ1n) is 5.73. The number of aromatic nitrogens is 1. The van der Waals surface area contributed by atoms with Crippen molar-refractivity contribution in [2.75, 3.05) is 7.11 Å². The fourth-order valence-electron chi connectivity index (χ4n) is 1.64. The summed E-state index contributed by atoms with van der Waals surface area (Å²) in [5.41, 5.74) is 1.24. The molecule has 0 aliphatic rings. The summed E-state index contributed by atoms with van der Waals surface area (Å²) in [4.78, 5) is 3.74. The molecule has 0 spiro atoms. The quantitative estimate of drug-likeness (QED) is 0.899. The first-order chi connectivity index (χ1) is 9.22. The van der Waals surface area contributed by atoms with Crippen molar-refractivity contribution < 1.29 is 19.0 Å². The van der Waals surface area contributed by atoms with Crippen molar-refractivity contribution in [1.29, 1.82) is 0 Å². The summed E-state index contributed by atoms with van der Waals surface area (Å²) < 4.78 is 23.6. The van der Waals surface area contributed by atoms with Crippen LogP contribution in [0.5, 0.6) is 11.5 Å². The van der Waals surface area contributed by atoms with Crippen LogP contribution in [-0.2, 0) is 13.2 Å². The fraction of sp³-hybridized carbons (Fsp3) is 0.214. The molecule has 0 unspecified atom stereocenters. The van der Waals surface area contributed by atoms with E-state index in [-0.39, 0.29) is 13.2 Å². The highest BCUT2D eigenvalue weighted by atomic mass is 19.1. The SMILES string of the molecule is COc1ccc(OCc2cncc(F)c2)c(CO)c1. The molecule has 0 aliphatic carbocycles. The Kier molecular flexibility index (Phi) is 4.30. The van der Waals surface area contributed by atoms with E-state index in [9.17, 15) is 9.50 Å². The van der Waals surface area contributed by atoms with Gasteiger partial charge >= 0.3 is 0 Å². The molecular weight excluding hydrogens is 249 g/mol. The largest absolute Gasteiger partial charge is 0.497 e. The van der Waals surface area contributed by atoms with Crippen LogP contribution in [0, 0.1) is 5.82 Å². The van der Waals surface area contributed by atoms with Gasteiger partial charge in [-0.15, -0.1) is 0 Å². The number of aliphatic hydroxyl groups is 1. The van der Waals surface area contributed by atoms with E-state index < -0.39 is 5.82 Å². The van der Waals surface area contributed by atoms with Gasteiger partial charge in [0.15, 0.2) is 0 Å². The van der Waals surface area contributed by atoms with Crippen molar-refractivity contribution in [3.63, 3.8) is 0 Å². The molecule has 0 atom stereocenters. The molecule has 1 aromatic carbocycles. The number of hydrogen-bond donors (Lipinski definition) is 1. The van der Waals surface area contributed by atoms with Crippen LogP contribution < -0.4 is 9.47 Å². The van der Waals surface area contributed by atoms with Gasteiger partial charge in [0.1, 0.15) is 23.9 Å². The summed E-state index contributed by atoms with van der Waals surface area (Å²) in [7, 11) is 1.55. The molecule has 0 saturated carbocycles. The highest BCUT2D eigenvalue weighted by molar-refractivity contribution is 5.40. The highest BCUT2D eigenvalue weighted by Crippen LogP contribution is 2.25. The van der Waals surface area contributed by atoms with Crippen LogP contribution in [0.25, 0.3) is 0 Å². The predicted molar refractivity (Wildman–Crippen MR) is 67.4 cm³/mol. The lowest BCUT2D eigenvalue weighted by molar-refractivity contribution is 0.257. The third kappa shape index (κ3) is 3.42. The molecule has 1 N–H and O–H groups in total. The summed E-state index contributed by atoms with van der Waals surface area (Å²) in [6, 6.07) is 6.49. The number of ether oxygens (including phenoxy) is 2. The first-order valence-corrected chi connectivity index (χ1v) is 5.73. The third-order valence-corrected chi connectivity index (χ3v) is 2.59. The average molecular weight is 263 g/mol. The Hall–Kier alpha value is -2.14. The van der Waals surface area contributed by atoms with Gasteiger partial charge in [-0.05, 0) is 24.3 Å². The lowest BCUT2D eigenvalue weighted by Crippen LogP contribution is -2.00. The Labute approximate surface area is 110 Å². The second kappa shape index (κ2) is 6.15. The maximum atomic E-state index is 13.0. The van der Waals surface area contributed by atoms with E-state index >= 15 is 0 Å². The molecule has 5 heteroatoms. The van der Waals surface area contributed by atoms with E-state index in [0.29, 0.717) is 22.6 Å². The van der Waals surface area contributed by atoms with Crippen LogP contribution in [0.2, 0.25) is 0 Å². The van der Waals surface area contributed by atoms with Gasteiger partial charge in [-0.3, -0.25) is 4.98 Å². The Bertz CT molecular complexity index is 560. The monoisotopic (exact) mass is 263 g/mol. The van der Waals surface area contributed by atoms with Gasteiger partial charge in [0.2, 0.25) is 0 Å². The van der Waals surface area contributed by atoms with Crippen LogP contribution in [0.4, 0.5) is 4.39 Å². The minimum Gasteiger partial charge on any atom is -0.497 e. The second-order valence-electron chi connectivity index (χ2n) is 3.93. The summed E-state index contributed by atoms with van der Waals surface area (Å²) in [5.74, 6) is 0.773. The predicted octanol–water partition coefficient (Wildman–Crippen LogP) is 2.30. The van der Waals surface area contributed by atoms with E-state index in [1.165, 1.54) is 12.3 Å². The second-order valence-corrected chi connectivity index (χ2v) is 3.93. The molecule has 0 aliphatic heterocycles. The number of nitrogens with zero attached hydrogens (tertiary/aromatic N) is 1. The summed E-state index contributed by atoms with van der Waals surface area (Å²) in [6.45, 7) is 0.0258. The van der Waals surface area contributed by atoms with Gasteiger partial charge in [-0.25, -0.2) is 4.39 Å². The Balaban J connectivity index is 2.11. The number of halogens is 1. The number of pyridine rings is 1. The summed E-state index contributed by atoms with van der Waals surface area (Å²) in [6.07, 6.45) is 2.67. The standard InChI is InChI=1S/C14H14FNO3/c1-18-13-2-3-14(11(5-13)8-17)19-9-10-4-12(15)7-16-6-10/h2-7,17H,8-9H2,1H3. The Morgan fingerprint density at radius 1 is 1.26 bits per heavy atom. The smallest absolute Gasteiger partial charge is 0.141 e. The van der Waals surface area contributed by atoms with Crippen molar-refractivity contribution >= 4 is 0 Å². The molecule has 4 nitrogen and oxygen atoms in total. The molecule has 100 valence electrons. The number of aliphatic hydroxyl groups excluding tert-OH is 1. The maximum absolute atomic E-state index is 13.0. The van der Waals surface area contributed by atoms with Crippen LogP contribution >= 0.6 is 0 Å². The summed E-state index contributed by atoms with van der Waals surface area (Å²) >= 11 is 0. The molecule has 2 aromatic rings. The van der Waals surface area contributed by atoms with E-state index in [0.717, 1.165) is 6.20 Å². The molecule has 1 heterocycles. The zero-order valence-corrected chi connectivity index (χ0v) is 10.5. The van der Waals surface area contributed by atoms with Gasteiger partial charge in [0.05, 0.1) is 19.9 Å². The lowest BCUT2D eigenvalue weighted by atomic mass is 10.2. The first kappa shape index (κ1) is 13.3. The van der Waals surface area contributed by atoms with Gasteiger partial charge in [0.25, 0.3) is 0 Å². The molecule has 0 fully saturated rings. The van der Waals surface area contributed by atoms with Crippen molar-refractivity contribution in [2.45, 2.75) is 13.2 Å². The summed E-state index contributed by atoms with van der Waals surface area (Å²) in [5, 5.41) is 9.27. The van der Waals surface area contributed by atoms with Gasteiger partial charge in [0, 0.05) is 17.3 Å². The number of benzene rings is 1. The molecular formula is C14H14FNO3. The Morgan fingerprint density at radius 3 is 2.79 bits per heavy atom. The van der Waals surface area contributed by atoms with Crippen molar-refractivity contribution in [3.8, 4) is 11.5 Å². The molecule has 19 heavy (non-hydrogen) atoms. The number of rotatable bonds is 5. The van der Waals surface area contributed by atoms with Gasteiger partial charge in [-0.1, -0.05) is 0 Å². The number of methoxy groups -OCH3 is 1. The minimum atomic E-state index is -0.404. The topological polar surface area (TPSA) is 51.6 Å². The van der Waals surface area contributed by atoms with E-state index in [1.54, 1.807) is 25.3 Å². The van der Waals surface area contributed by atoms with Crippen LogP contribution in [0.1, 0.15) is 11.1 Å².